The number of hydrogen-bond acceptors (Lipinski definition) is 27. The van der Waals surface area contributed by atoms with Gasteiger partial charge in [0.15, 0.2) is 0 Å². The highest BCUT2D eigenvalue weighted by atomic mass is 19.4. The average molecular weight is 1820 g/mol. The topological polar surface area (TPSA) is 301 Å². The van der Waals surface area contributed by atoms with E-state index in [-0.39, 0.29) is 74.1 Å². The number of amides is 3. The Bertz CT molecular complexity index is 4550. The van der Waals surface area contributed by atoms with Gasteiger partial charge >= 0.3 is 12.4 Å². The van der Waals surface area contributed by atoms with Crippen molar-refractivity contribution >= 4 is 58.7 Å². The summed E-state index contributed by atoms with van der Waals surface area (Å²) in [7, 11) is 2.15. The van der Waals surface area contributed by atoms with Crippen LogP contribution in [0.1, 0.15) is 205 Å². The molecule has 5 N–H and O–H groups in total. The number of pyridine rings is 1. The van der Waals surface area contributed by atoms with Crippen molar-refractivity contribution in [2.75, 3.05) is 200 Å². The third kappa shape index (κ3) is 30.5. The molecule has 0 spiro atoms. The van der Waals surface area contributed by atoms with Gasteiger partial charge in [-0.15, -0.1) is 0 Å². The number of halogens is 6. The minimum atomic E-state index is -4.14. The monoisotopic (exact) mass is 1820 g/mol. The summed E-state index contributed by atoms with van der Waals surface area (Å²) >= 11 is 0. The molecule has 36 heteroatoms. The van der Waals surface area contributed by atoms with Crippen LogP contribution in [-0.2, 0) is 69.2 Å². The lowest BCUT2D eigenvalue weighted by atomic mass is 9.88. The summed E-state index contributed by atoms with van der Waals surface area (Å²) in [6.07, 6.45) is -0.00713. The van der Waals surface area contributed by atoms with E-state index in [1.54, 1.807) is 33.4 Å². The van der Waals surface area contributed by atoms with E-state index in [0.29, 0.717) is 64.3 Å². The van der Waals surface area contributed by atoms with E-state index in [1.807, 2.05) is 45.3 Å². The van der Waals surface area contributed by atoms with Gasteiger partial charge in [-0.2, -0.15) is 41.3 Å². The number of rotatable bonds is 17. The minimum absolute atomic E-state index is 0.0122. The third-order valence-electron chi connectivity index (χ3n) is 24.6. The number of nitrogens with zero attached hydrogens (tertiary/aromatic N) is 20. The second kappa shape index (κ2) is 43.3. The Morgan fingerprint density at radius 3 is 1.02 bits per heavy atom. The molecule has 0 unspecified atom stereocenters. The number of likely N-dealkylation sites (N-methyl/N-ethyl adjacent to an activating group) is 1. The zero-order valence-corrected chi connectivity index (χ0v) is 81.5. The van der Waals surface area contributed by atoms with E-state index in [0.717, 1.165) is 199 Å². The number of anilines is 7. The molecule has 6 aromatic rings. The van der Waals surface area contributed by atoms with Crippen LogP contribution in [0.3, 0.4) is 0 Å². The Balaban J connectivity index is 0.000000163. The van der Waals surface area contributed by atoms with Crippen LogP contribution in [-0.4, -0.2) is 315 Å². The molecule has 0 aliphatic carbocycles. The fourth-order valence-electron chi connectivity index (χ4n) is 15.3. The smallest absolute Gasteiger partial charge is 0.378 e. The Labute approximate surface area is 767 Å². The molecule has 0 saturated carbocycles. The van der Waals surface area contributed by atoms with Crippen molar-refractivity contribution in [1.82, 2.24) is 89.5 Å². The molecule has 15 rings (SSSR count). The predicted molar refractivity (Wildman–Crippen MR) is 500 cm³/mol. The number of aromatic nitrogens is 11. The standard InChI is InChI=1S/C18H30N6O.C17H27N5O2.2C15H22F3N3.C15H25N5O.C14H21N3O/c1-13(25)24-11-14(12-24)19-16-10-15(18(2,3)4)20-17(21-16)23-8-6-22(5)7-9-23;1-12(23)22-10-13(11-22)18-15-9-14(17(2,3)4)19-16(20-15)21-5-7-24-8-6-21;2*1-10(15(16,17)18)21-7-11(8-21)5-12-6-13(14(2,3)4)20-9-19-12;1-15(2,3)12-8-13(17-11-9-16-10-11)19-14(18-12)20-4-6-21-7-5-20;1-10(18)17-8-13(9-17)16-12-5-11(6-15-7-12)14(2,3)4/h10,14H,6-9,11-12H2,1-5H3,(H,19,20,21);9,13H,5-8,10-11H2,1-4H3,(H,18,19,20);2*6,9-11H,5,7-8H2,1-4H3;8,11,16H,4-7,9-10H2,1-3H3,(H,17,18,19);5-7,13,16H,8-9H2,1-4H3/t;;2*10-;;/m..10../s1. The number of hydrogen-bond donors (Lipinski definition) is 5. The first-order valence-corrected chi connectivity index (χ1v) is 46.1. The summed E-state index contributed by atoms with van der Waals surface area (Å²) in [5, 5.41) is 17.1. The van der Waals surface area contributed by atoms with Crippen LogP contribution >= 0.6 is 0 Å². The Hall–Kier alpha value is -9.10. The first kappa shape index (κ1) is 103. The van der Waals surface area contributed by atoms with Gasteiger partial charge in [-0.05, 0) is 74.8 Å². The SMILES string of the molecule is CC(=O)N1CC(Nc2cc(C(C)(C)C)nc(N3CCN(C)CC3)n2)C1.CC(=O)N1CC(Nc2cc(C(C)(C)C)nc(N3CCOCC3)n2)C1.CC(=O)N1CC(Nc2cncc(C(C)(C)C)c2)C1.CC(C)(C)c1cc(NC2CNC2)nc(N2CCOCC2)n1.C[C@@H](N1CC(Cc2cc(C(C)(C)C)ncn2)C1)C(F)(F)F.C[C@H](N1CC(Cc2cc(C(C)(C)C)ncn2)C1)C(F)(F)F. The van der Waals surface area contributed by atoms with Crippen LogP contribution in [0.2, 0.25) is 0 Å². The Morgan fingerprint density at radius 1 is 0.400 bits per heavy atom. The van der Waals surface area contributed by atoms with E-state index in [4.69, 9.17) is 39.4 Å². The van der Waals surface area contributed by atoms with Crippen molar-refractivity contribution in [1.29, 1.82) is 0 Å². The molecular formula is C94H147F6N25O5. The third-order valence-corrected chi connectivity index (χ3v) is 24.6. The van der Waals surface area contributed by atoms with Gasteiger partial charge in [0.1, 0.15) is 42.2 Å². The van der Waals surface area contributed by atoms with Gasteiger partial charge in [-0.25, -0.2) is 34.9 Å². The predicted octanol–water partition coefficient (Wildman–Crippen LogP) is 11.8. The first-order chi connectivity index (χ1) is 60.6. The fourth-order valence-corrected chi connectivity index (χ4v) is 15.3. The highest BCUT2D eigenvalue weighted by Crippen LogP contribution is 2.36. The van der Waals surface area contributed by atoms with Crippen molar-refractivity contribution < 1.29 is 50.2 Å². The average Bonchev–Trinajstić information content (AvgIpc) is 0.815. The molecule has 130 heavy (non-hydrogen) atoms. The highest BCUT2D eigenvalue weighted by Gasteiger charge is 2.47. The van der Waals surface area contributed by atoms with Crippen LogP contribution in [0.25, 0.3) is 0 Å². The number of morpholine rings is 2. The maximum atomic E-state index is 12.6. The van der Waals surface area contributed by atoms with Crippen LogP contribution in [0.5, 0.6) is 0 Å². The normalized spacial score (nSPS) is 19.1. The zero-order valence-electron chi connectivity index (χ0n) is 81.5. The van der Waals surface area contributed by atoms with Crippen molar-refractivity contribution in [2.45, 2.75) is 253 Å². The van der Waals surface area contributed by atoms with Crippen LogP contribution in [0.15, 0.2) is 61.4 Å². The molecule has 0 bridgehead atoms. The number of ether oxygens (including phenoxy) is 2. The summed E-state index contributed by atoms with van der Waals surface area (Å²) in [4.78, 5) is 101. The maximum Gasteiger partial charge on any atom is 0.403 e. The molecule has 9 aliphatic rings. The minimum Gasteiger partial charge on any atom is -0.378 e. The number of nitrogens with one attached hydrogen (secondary N) is 5. The summed E-state index contributed by atoms with van der Waals surface area (Å²) in [6, 6.07) is 10.9. The van der Waals surface area contributed by atoms with Gasteiger partial charge in [-0.3, -0.25) is 29.2 Å². The van der Waals surface area contributed by atoms with E-state index in [1.165, 1.54) is 29.2 Å². The number of alkyl halides is 6. The van der Waals surface area contributed by atoms with Crippen molar-refractivity contribution in [3.63, 3.8) is 0 Å². The summed E-state index contributed by atoms with van der Waals surface area (Å²) < 4.78 is 86.4. The van der Waals surface area contributed by atoms with E-state index < -0.39 is 24.4 Å². The van der Waals surface area contributed by atoms with Crippen molar-refractivity contribution in [2.24, 2.45) is 11.8 Å². The lowest BCUT2D eigenvalue weighted by Gasteiger charge is -2.43. The molecule has 30 nitrogen and oxygen atoms in total. The van der Waals surface area contributed by atoms with Gasteiger partial charge in [0.2, 0.25) is 35.6 Å². The van der Waals surface area contributed by atoms with Gasteiger partial charge in [-0.1, -0.05) is 125 Å². The molecule has 0 radical (unpaired) electrons. The zero-order chi connectivity index (χ0) is 95.4. The summed E-state index contributed by atoms with van der Waals surface area (Å²) in [5.41, 5.74) is 9.09. The second-order valence-electron chi connectivity index (χ2n) is 42.3. The molecule has 0 aromatic carbocycles. The van der Waals surface area contributed by atoms with Gasteiger partial charge in [0.05, 0.1) is 73.4 Å². The van der Waals surface area contributed by atoms with Gasteiger partial charge < -0.3 is 70.4 Å². The fraction of sp³-hybridized carbons (Fsp3) is 0.702. The maximum absolute atomic E-state index is 12.6. The molecule has 6 aromatic heterocycles. The number of piperazine rings is 1. The van der Waals surface area contributed by atoms with Crippen LogP contribution in [0.4, 0.5) is 67.3 Å². The summed E-state index contributed by atoms with van der Waals surface area (Å²) in [5.74, 6) is 5.93. The number of carbonyl (C=O) groups is 3. The number of likely N-dealkylation sites (tertiary alicyclic amines) is 5. The molecule has 9 fully saturated rings. The highest BCUT2D eigenvalue weighted by molar-refractivity contribution is 5.75. The van der Waals surface area contributed by atoms with E-state index in [2.05, 4.69) is 221 Å². The van der Waals surface area contributed by atoms with Gasteiger partial charge in [0.25, 0.3) is 0 Å². The molecular weight excluding hydrogens is 1670 g/mol. The summed E-state index contributed by atoms with van der Waals surface area (Å²) in [6.45, 7) is 64.5. The van der Waals surface area contributed by atoms with Crippen LogP contribution < -0.4 is 41.3 Å². The molecule has 3 amide bonds. The van der Waals surface area contributed by atoms with Crippen molar-refractivity contribution in [3.05, 3.63) is 107 Å². The van der Waals surface area contributed by atoms with E-state index in [9.17, 15) is 40.7 Å². The van der Waals surface area contributed by atoms with E-state index >= 15 is 0 Å². The largest absolute Gasteiger partial charge is 0.403 e. The lowest BCUT2D eigenvalue weighted by Crippen LogP contribution is -2.56. The first-order valence-electron chi connectivity index (χ1n) is 46.1. The Morgan fingerprint density at radius 2 is 0.723 bits per heavy atom. The molecule has 9 aliphatic heterocycles. The van der Waals surface area contributed by atoms with Gasteiger partial charge in [0, 0.05) is 232 Å². The molecule has 720 valence electrons. The quantitative estimate of drug-likeness (QED) is 0.0530. The molecule has 2 atom stereocenters. The number of carbonyl (C=O) groups excluding carboxylic acids is 3. The molecule has 15 heterocycles. The lowest BCUT2D eigenvalue weighted by molar-refractivity contribution is -0.194. The Kier molecular flexibility index (Phi) is 34.3. The van der Waals surface area contributed by atoms with Crippen LogP contribution in [0, 0.1) is 11.8 Å². The molecule has 9 saturated heterocycles. The van der Waals surface area contributed by atoms with Crippen molar-refractivity contribution in [3.8, 4) is 0 Å². The second-order valence-corrected chi connectivity index (χ2v) is 42.3.